The average Bonchev–Trinajstić information content (AvgIpc) is 2.17. The summed E-state index contributed by atoms with van der Waals surface area (Å²) in [6, 6.07) is 2.15. The van der Waals surface area contributed by atoms with Crippen molar-refractivity contribution in [3.05, 3.63) is 12.4 Å². The van der Waals surface area contributed by atoms with E-state index in [9.17, 15) is 0 Å². The lowest BCUT2D eigenvalue weighted by Gasteiger charge is -2.18. The Morgan fingerprint density at radius 2 is 2.19 bits per heavy atom. The SMILES string of the molecule is CCOc1cc(NC(C)CN(C)C)ncn1. The topological polar surface area (TPSA) is 50.3 Å². The van der Waals surface area contributed by atoms with Crippen LogP contribution in [0, 0.1) is 0 Å². The minimum absolute atomic E-state index is 0.333. The molecule has 0 amide bonds. The molecule has 0 aliphatic heterocycles. The number of ether oxygens (including phenoxy) is 1. The second-order valence-corrected chi connectivity index (χ2v) is 3.98. The van der Waals surface area contributed by atoms with Gasteiger partial charge in [-0.3, -0.25) is 0 Å². The van der Waals surface area contributed by atoms with Crippen LogP contribution in [-0.2, 0) is 0 Å². The average molecular weight is 224 g/mol. The van der Waals surface area contributed by atoms with Crippen LogP contribution >= 0.6 is 0 Å². The van der Waals surface area contributed by atoms with Crippen LogP contribution in [0.25, 0.3) is 0 Å². The third-order valence-electron chi connectivity index (χ3n) is 1.97. The fraction of sp³-hybridized carbons (Fsp3) is 0.636. The number of nitrogens with one attached hydrogen (secondary N) is 1. The predicted octanol–water partition coefficient (Wildman–Crippen LogP) is 1.24. The van der Waals surface area contributed by atoms with E-state index in [4.69, 9.17) is 4.74 Å². The molecule has 0 spiro atoms. The number of hydrogen-bond acceptors (Lipinski definition) is 5. The first kappa shape index (κ1) is 12.7. The lowest BCUT2D eigenvalue weighted by atomic mass is 10.3. The van der Waals surface area contributed by atoms with Crippen molar-refractivity contribution in [2.24, 2.45) is 0 Å². The molecule has 0 fully saturated rings. The Morgan fingerprint density at radius 1 is 1.44 bits per heavy atom. The molecule has 0 aliphatic rings. The number of likely N-dealkylation sites (N-methyl/N-ethyl adjacent to an activating group) is 1. The normalized spacial score (nSPS) is 12.6. The van der Waals surface area contributed by atoms with E-state index in [1.807, 2.05) is 27.1 Å². The zero-order valence-electron chi connectivity index (χ0n) is 10.4. The summed E-state index contributed by atoms with van der Waals surface area (Å²) in [4.78, 5) is 10.3. The van der Waals surface area contributed by atoms with Gasteiger partial charge in [-0.15, -0.1) is 0 Å². The Bertz CT molecular complexity index is 317. The van der Waals surface area contributed by atoms with Crippen LogP contribution in [0.3, 0.4) is 0 Å². The highest BCUT2D eigenvalue weighted by atomic mass is 16.5. The van der Waals surface area contributed by atoms with Crippen LogP contribution in [0.2, 0.25) is 0 Å². The lowest BCUT2D eigenvalue weighted by molar-refractivity contribution is 0.326. The van der Waals surface area contributed by atoms with Crippen molar-refractivity contribution >= 4 is 5.82 Å². The van der Waals surface area contributed by atoms with Gasteiger partial charge in [0, 0.05) is 18.7 Å². The zero-order valence-corrected chi connectivity index (χ0v) is 10.4. The molecule has 0 bridgehead atoms. The van der Waals surface area contributed by atoms with Crippen LogP contribution in [-0.4, -0.2) is 48.2 Å². The highest BCUT2D eigenvalue weighted by Gasteiger charge is 2.05. The molecule has 0 aromatic carbocycles. The summed E-state index contributed by atoms with van der Waals surface area (Å²) in [7, 11) is 4.09. The van der Waals surface area contributed by atoms with Crippen LogP contribution < -0.4 is 10.1 Å². The molecule has 1 rings (SSSR count). The minimum Gasteiger partial charge on any atom is -0.478 e. The van der Waals surface area contributed by atoms with E-state index in [0.29, 0.717) is 18.5 Å². The number of nitrogens with zero attached hydrogens (tertiary/aromatic N) is 3. The molecular formula is C11H20N4O. The van der Waals surface area contributed by atoms with Crippen molar-refractivity contribution in [1.29, 1.82) is 0 Å². The van der Waals surface area contributed by atoms with Gasteiger partial charge in [0.05, 0.1) is 6.61 Å². The van der Waals surface area contributed by atoms with Gasteiger partial charge >= 0.3 is 0 Å². The summed E-state index contributed by atoms with van der Waals surface area (Å²) < 4.78 is 5.31. The first-order valence-electron chi connectivity index (χ1n) is 5.48. The van der Waals surface area contributed by atoms with Crippen molar-refractivity contribution in [2.45, 2.75) is 19.9 Å². The molecule has 0 saturated heterocycles. The number of aromatic nitrogens is 2. The molecule has 1 atom stereocenters. The summed E-state index contributed by atoms with van der Waals surface area (Å²) in [5, 5.41) is 3.30. The van der Waals surface area contributed by atoms with Crippen molar-refractivity contribution in [3.8, 4) is 5.88 Å². The molecule has 1 heterocycles. The van der Waals surface area contributed by atoms with Gasteiger partial charge in [-0.25, -0.2) is 9.97 Å². The highest BCUT2D eigenvalue weighted by molar-refractivity contribution is 5.37. The van der Waals surface area contributed by atoms with Crippen LogP contribution in [0.5, 0.6) is 5.88 Å². The van der Waals surface area contributed by atoms with Gasteiger partial charge in [0.2, 0.25) is 5.88 Å². The van der Waals surface area contributed by atoms with Gasteiger partial charge in [-0.2, -0.15) is 0 Å². The highest BCUT2D eigenvalue weighted by Crippen LogP contribution is 2.11. The van der Waals surface area contributed by atoms with Gasteiger partial charge in [-0.1, -0.05) is 0 Å². The molecule has 5 heteroatoms. The van der Waals surface area contributed by atoms with Crippen molar-refractivity contribution in [2.75, 3.05) is 32.6 Å². The first-order valence-corrected chi connectivity index (χ1v) is 5.48. The smallest absolute Gasteiger partial charge is 0.218 e. The number of anilines is 1. The molecule has 1 aromatic rings. The van der Waals surface area contributed by atoms with Gasteiger partial charge in [0.1, 0.15) is 12.1 Å². The molecule has 0 radical (unpaired) electrons. The van der Waals surface area contributed by atoms with E-state index >= 15 is 0 Å². The maximum absolute atomic E-state index is 5.31. The maximum Gasteiger partial charge on any atom is 0.218 e. The summed E-state index contributed by atoms with van der Waals surface area (Å²) in [5.74, 6) is 1.41. The van der Waals surface area contributed by atoms with E-state index in [1.165, 1.54) is 6.33 Å². The fourth-order valence-corrected chi connectivity index (χ4v) is 1.49. The lowest BCUT2D eigenvalue weighted by Crippen LogP contribution is -2.29. The fourth-order valence-electron chi connectivity index (χ4n) is 1.49. The minimum atomic E-state index is 0.333. The summed E-state index contributed by atoms with van der Waals surface area (Å²) in [5.41, 5.74) is 0. The molecule has 16 heavy (non-hydrogen) atoms. The second-order valence-electron chi connectivity index (χ2n) is 3.98. The maximum atomic E-state index is 5.31. The van der Waals surface area contributed by atoms with E-state index in [-0.39, 0.29) is 0 Å². The largest absolute Gasteiger partial charge is 0.478 e. The third-order valence-corrected chi connectivity index (χ3v) is 1.97. The molecule has 0 aliphatic carbocycles. The van der Waals surface area contributed by atoms with Gasteiger partial charge in [-0.05, 0) is 27.9 Å². The van der Waals surface area contributed by atoms with Crippen molar-refractivity contribution < 1.29 is 4.74 Å². The number of hydrogen-bond donors (Lipinski definition) is 1. The summed E-state index contributed by atoms with van der Waals surface area (Å²) in [6.07, 6.45) is 1.51. The van der Waals surface area contributed by atoms with Crippen LogP contribution in [0.4, 0.5) is 5.82 Å². The van der Waals surface area contributed by atoms with Crippen LogP contribution in [0.1, 0.15) is 13.8 Å². The Morgan fingerprint density at radius 3 is 2.81 bits per heavy atom. The van der Waals surface area contributed by atoms with E-state index in [1.54, 1.807) is 0 Å². The first-order chi connectivity index (χ1) is 7.61. The van der Waals surface area contributed by atoms with Gasteiger partial charge < -0.3 is 15.0 Å². The third kappa shape index (κ3) is 4.44. The molecule has 1 aromatic heterocycles. The Hall–Kier alpha value is -1.36. The second kappa shape index (κ2) is 6.27. The number of rotatable bonds is 6. The molecule has 1 unspecified atom stereocenters. The Labute approximate surface area is 96.8 Å². The van der Waals surface area contributed by atoms with Crippen molar-refractivity contribution in [3.63, 3.8) is 0 Å². The summed E-state index contributed by atoms with van der Waals surface area (Å²) >= 11 is 0. The predicted molar refractivity (Wildman–Crippen MR) is 64.8 cm³/mol. The molecule has 90 valence electrons. The quantitative estimate of drug-likeness (QED) is 0.787. The van der Waals surface area contributed by atoms with E-state index in [0.717, 1.165) is 12.4 Å². The van der Waals surface area contributed by atoms with E-state index < -0.39 is 0 Å². The molecule has 5 nitrogen and oxygen atoms in total. The monoisotopic (exact) mass is 224 g/mol. The van der Waals surface area contributed by atoms with Gasteiger partial charge in [0.25, 0.3) is 0 Å². The standard InChI is InChI=1S/C11H20N4O/c1-5-16-11-6-10(12-8-13-11)14-9(2)7-15(3)4/h6,8-9H,5,7H2,1-4H3,(H,12,13,14). The van der Waals surface area contributed by atoms with Gasteiger partial charge in [0.15, 0.2) is 0 Å². The molecule has 0 saturated carbocycles. The Balaban J connectivity index is 2.55. The van der Waals surface area contributed by atoms with Crippen LogP contribution in [0.15, 0.2) is 12.4 Å². The molecule has 1 N–H and O–H groups in total. The molecular weight excluding hydrogens is 204 g/mol. The van der Waals surface area contributed by atoms with Crippen molar-refractivity contribution in [1.82, 2.24) is 14.9 Å². The Kier molecular flexibility index (Phi) is 4.98. The summed E-state index contributed by atoms with van der Waals surface area (Å²) in [6.45, 7) is 5.62. The zero-order chi connectivity index (χ0) is 12.0. The van der Waals surface area contributed by atoms with E-state index in [2.05, 4.69) is 27.1 Å².